The number of phenols is 2. The Bertz CT molecular complexity index is 5470. The Morgan fingerprint density at radius 3 is 1.64 bits per heavy atom. The largest absolute Gasteiger partial charge is 0.508 e. The van der Waals surface area contributed by atoms with E-state index in [9.17, 15) is 54.3 Å². The van der Waals surface area contributed by atoms with Gasteiger partial charge in [0.2, 0.25) is 11.6 Å². The molecular formula is C100H124N12O20. The number of allylic oxidation sites excluding steroid dienone is 4. The van der Waals surface area contributed by atoms with Crippen LogP contribution in [0.5, 0.6) is 23.0 Å². The van der Waals surface area contributed by atoms with E-state index in [0.29, 0.717) is 204 Å². The lowest BCUT2D eigenvalue weighted by molar-refractivity contribution is -0.144. The quantitative estimate of drug-likeness (QED) is 0.00368. The Labute approximate surface area is 768 Å². The number of nitrogens with zero attached hydrogens (tertiary/aromatic N) is 9. The Hall–Kier alpha value is -10.5. The lowest BCUT2D eigenvalue weighted by Crippen LogP contribution is -2.55. The molecule has 5 aromatic rings. The summed E-state index contributed by atoms with van der Waals surface area (Å²) in [6, 6.07) is 28.8. The number of ether oxygens (including phenoxy) is 9. The van der Waals surface area contributed by atoms with Crippen LogP contribution in [0.3, 0.4) is 0 Å². The number of aliphatic hydroxyl groups is 3. The fourth-order valence-electron chi connectivity index (χ4n) is 26.4. The number of rotatable bonds is 33. The van der Waals surface area contributed by atoms with E-state index in [0.717, 1.165) is 75.7 Å². The fraction of sp³-hybridized carbons (Fsp3) is 0.580. The van der Waals surface area contributed by atoms with Crippen LogP contribution in [-0.4, -0.2) is 252 Å². The maximum Gasteiger partial charge on any atom is 0.404 e. The van der Waals surface area contributed by atoms with E-state index in [1.54, 1.807) is 31.8 Å². The van der Waals surface area contributed by atoms with Gasteiger partial charge < -0.3 is 95.2 Å². The third-order valence-electron chi connectivity index (χ3n) is 32.7. The zero-order chi connectivity index (χ0) is 93.0. The molecule has 3 saturated heterocycles. The molecule has 5 aliphatic heterocycles. The van der Waals surface area contributed by atoms with Gasteiger partial charge in [0.1, 0.15) is 49.4 Å². The number of piperazine rings is 1. The molecule has 0 bridgehead atoms. The number of phenolic OH excluding ortho intramolecular Hbond substituents is 2. The third-order valence-corrected chi connectivity index (χ3v) is 32.7. The van der Waals surface area contributed by atoms with Crippen molar-refractivity contribution in [2.75, 3.05) is 120 Å². The lowest BCUT2D eigenvalue weighted by atomic mass is 9.51. The number of aromatic hydroxyl groups is 2. The van der Waals surface area contributed by atoms with Crippen LogP contribution in [0.15, 0.2) is 141 Å². The highest BCUT2D eigenvalue weighted by atomic mass is 16.6. The van der Waals surface area contributed by atoms with Crippen molar-refractivity contribution in [1.29, 1.82) is 0 Å². The number of azide groups is 1. The van der Waals surface area contributed by atoms with Gasteiger partial charge in [0.25, 0.3) is 0 Å². The highest BCUT2D eigenvalue weighted by molar-refractivity contribution is 6.27. The van der Waals surface area contributed by atoms with Gasteiger partial charge in [-0.25, -0.2) is 14.3 Å². The van der Waals surface area contributed by atoms with Crippen molar-refractivity contribution >= 4 is 35.3 Å². The number of aromatic nitrogens is 3. The number of fused-ring (bicyclic) bond motifs is 18. The summed E-state index contributed by atoms with van der Waals surface area (Å²) in [7, 11) is 3.54. The molecule has 22 atom stereocenters. The number of ketones is 4. The average Bonchev–Trinajstić information content (AvgIpc) is 1.49. The SMILES string of the molecule is C#CCCC1=C(C)C(=O)C2=C(C1=O)[C@@H](COC(N)=O)[C@@]1(OC)[C@@H]3[C@H](CN21)N3C.CC1=C(CCc2cn(CCOCCOCCOc3ccc([C@H]4C[C@@]5(C)C(CC[C@@H]5O)C5CCc6cc(O)ccc6C54)cc3)nn2)C(=O)C2=C(C1=O)N1C[C@@H]3C(N)[C@@H]3[C@]1(CO)[C@@H]2COC(N)=O.C[C@]12C[C@H](c3ccc(OCCOCCOCCN=[N+]=[N-])cc3)C3c4ccc(O)cc4CCC3C1CC[C@@H]2O. The summed E-state index contributed by atoms with van der Waals surface area (Å²) >= 11 is 0. The summed E-state index contributed by atoms with van der Waals surface area (Å²) in [6.07, 6.45) is 16.1. The van der Waals surface area contributed by atoms with Crippen LogP contribution < -0.4 is 26.7 Å². The third kappa shape index (κ3) is 16.8. The Balaban J connectivity index is 0.000000155. The topological polar surface area (TPSA) is 454 Å². The zero-order valence-electron chi connectivity index (χ0n) is 76.1. The highest BCUT2D eigenvalue weighted by Crippen LogP contribution is 2.69. The minimum atomic E-state index is -1.01. The molecule has 6 heterocycles. The Morgan fingerprint density at radius 2 is 1.13 bits per heavy atom. The van der Waals surface area contributed by atoms with E-state index in [-0.39, 0.29) is 120 Å². The molecule has 0 radical (unpaired) electrons. The van der Waals surface area contributed by atoms with Gasteiger partial charge in [-0.15, -0.1) is 17.4 Å². The smallest absolute Gasteiger partial charge is 0.404 e. The normalized spacial score (nSPS) is 32.4. The van der Waals surface area contributed by atoms with Crippen molar-refractivity contribution in [3.8, 4) is 35.3 Å². The first-order valence-corrected chi connectivity index (χ1v) is 46.9. The van der Waals surface area contributed by atoms with Crippen LogP contribution in [0.1, 0.15) is 161 Å². The molecule has 704 valence electrons. The summed E-state index contributed by atoms with van der Waals surface area (Å²) in [5, 5.41) is 65.3. The number of hydrogen-bond donors (Lipinski definition) is 8. The summed E-state index contributed by atoms with van der Waals surface area (Å²) in [4.78, 5) is 86.3. The summed E-state index contributed by atoms with van der Waals surface area (Å²) < 4.78 is 52.4. The molecular weight excluding hydrogens is 1690 g/mol. The summed E-state index contributed by atoms with van der Waals surface area (Å²) in [5.74, 6) is 5.85. The number of carbonyl (C=O) groups excluding carboxylic acids is 6. The molecule has 0 spiro atoms. The highest BCUT2D eigenvalue weighted by Gasteiger charge is 2.77. The number of amides is 2. The van der Waals surface area contributed by atoms with Crippen molar-refractivity contribution < 1.29 is 96.9 Å². The number of hydrogen-bond acceptors (Lipinski definition) is 27. The average molecular weight is 1810 g/mol. The van der Waals surface area contributed by atoms with E-state index in [1.165, 1.54) is 33.4 Å². The predicted octanol–water partition coefficient (Wildman–Crippen LogP) is 9.62. The van der Waals surface area contributed by atoms with Crippen molar-refractivity contribution in [3.05, 3.63) is 185 Å². The number of aliphatic hydroxyl groups excluding tert-OH is 3. The molecule has 32 nitrogen and oxygen atoms in total. The second-order valence-corrected chi connectivity index (χ2v) is 38.9. The van der Waals surface area contributed by atoms with Gasteiger partial charge in [0.15, 0.2) is 17.3 Å². The molecule has 32 heteroatoms. The number of carbonyl (C=O) groups is 6. The van der Waals surface area contributed by atoms with Crippen LogP contribution in [0, 0.1) is 70.5 Å². The molecule has 14 aliphatic rings. The number of piperidine rings is 1. The number of nitrogens with two attached hydrogens (primary N) is 3. The van der Waals surface area contributed by atoms with Gasteiger partial charge in [-0.05, 0) is 256 Å². The number of Topliss-reactive ketones (excluding diaryl/α,β-unsaturated/α-hetero) is 4. The maximum absolute atomic E-state index is 14.2. The molecule has 8 unspecified atom stereocenters. The number of terminal acetylenes is 1. The minimum absolute atomic E-state index is 0.000332. The van der Waals surface area contributed by atoms with E-state index >= 15 is 0 Å². The van der Waals surface area contributed by atoms with E-state index in [2.05, 4.69) is 81.4 Å². The first kappa shape index (κ1) is 93.3. The van der Waals surface area contributed by atoms with Gasteiger partial charge in [-0.3, -0.25) is 24.1 Å². The number of likely N-dealkylation sites (N-methyl/N-ethyl adjacent to an activating group) is 1. The Morgan fingerprint density at radius 1 is 0.629 bits per heavy atom. The standard InChI is InChI=1S/C50H62N6O10.C30H39N3O5.C20H23N3O5/c1-27-33(47(61)42-39(25-66-48(52)62)50(26-57)43-37(44(43)51)24-56(50)45(42)46(27)60)11-6-30-23-55(54-53-30)15-16-63-17-18-64-19-20-65-32-8-3-28(4-9-32)36-22-49(2)38(13-14-40(49)59)35-10-5-29-21-31(58)7-12-34(29)41(35)36;1-30-19-26(20-2-6-23(7-3-20)38-17-16-37-15-14-36-13-12-32-33-31)29-24-9-5-22(34)18-21(24)4-8-25(29)27(30)10-11-28(30)35;1-5-6-7-11-10(2)16(24)15-14(17(11)25)12(9-28-19(21)26)20(27-4)18-13(22(18)3)8-23(15)20/h3-4,7-9,12,21,23,35-41,43-44,57-59H,5-6,10-11,13-20,22,24-26,51H2,1-2H3,(H2,52,62);2-3,5-7,9,18,25-29,34-35H,4,8,10-17,19H2,1H3;1,12-13,18H,6-9H2,2-4H3,(H2,21,26)/t35?,36-,37+,38?,39-,40+,41?,43-,44?,49+,50+;25?,26-,27?,28+,29?,30+;12-,13+,18+,20-,22?/m111/s1. The van der Waals surface area contributed by atoms with E-state index < -0.39 is 35.3 Å². The molecule has 2 amide bonds. The second-order valence-electron chi connectivity index (χ2n) is 38.9. The molecule has 11 N–H and O–H groups in total. The molecule has 8 fully saturated rings. The van der Waals surface area contributed by atoms with Gasteiger partial charge >= 0.3 is 12.2 Å². The van der Waals surface area contributed by atoms with Crippen molar-refractivity contribution in [3.63, 3.8) is 0 Å². The molecule has 132 heavy (non-hydrogen) atoms. The summed E-state index contributed by atoms with van der Waals surface area (Å²) in [5.41, 5.74) is 34.3. The first-order chi connectivity index (χ1) is 63.7. The summed E-state index contributed by atoms with van der Waals surface area (Å²) in [6.45, 7) is 13.3. The molecule has 5 saturated carbocycles. The van der Waals surface area contributed by atoms with Gasteiger partial charge in [-0.1, -0.05) is 60.6 Å². The van der Waals surface area contributed by atoms with Gasteiger partial charge in [0, 0.05) is 95.7 Å². The van der Waals surface area contributed by atoms with Crippen molar-refractivity contribution in [2.24, 2.45) is 80.5 Å². The molecule has 1 aromatic heterocycles. The van der Waals surface area contributed by atoms with Crippen molar-refractivity contribution in [1.82, 2.24) is 29.7 Å². The number of aryl methyl sites for hydroxylation is 3. The minimum Gasteiger partial charge on any atom is -0.508 e. The monoisotopic (exact) mass is 1810 g/mol. The van der Waals surface area contributed by atoms with Crippen LogP contribution in [0.25, 0.3) is 10.4 Å². The van der Waals surface area contributed by atoms with E-state index in [4.69, 9.17) is 71.8 Å². The second kappa shape index (κ2) is 38.5. The first-order valence-electron chi connectivity index (χ1n) is 46.9. The lowest BCUT2D eigenvalue weighted by Gasteiger charge is -2.54. The predicted molar refractivity (Wildman–Crippen MR) is 482 cm³/mol. The zero-order valence-corrected chi connectivity index (χ0v) is 76.1. The van der Waals surface area contributed by atoms with E-state index in [1.807, 2.05) is 65.4 Å². The maximum atomic E-state index is 14.2. The fourth-order valence-corrected chi connectivity index (χ4v) is 26.4. The molecule has 9 aliphatic carbocycles. The van der Waals surface area contributed by atoms with Crippen LogP contribution >= 0.6 is 0 Å². The molecule has 4 aromatic carbocycles. The van der Waals surface area contributed by atoms with Crippen LogP contribution in [-0.2, 0) is 78.1 Å². The Kier molecular flexibility index (Phi) is 27.2. The number of methoxy groups -OCH3 is 1. The number of benzene rings is 4. The van der Waals surface area contributed by atoms with Gasteiger partial charge in [-0.2, -0.15) is 0 Å². The van der Waals surface area contributed by atoms with Crippen LogP contribution in [0.4, 0.5) is 9.59 Å². The molecule has 19 rings (SSSR count). The van der Waals surface area contributed by atoms with Crippen molar-refractivity contribution in [2.45, 2.75) is 189 Å². The van der Waals surface area contributed by atoms with Crippen LogP contribution in [0.2, 0.25) is 0 Å². The number of primary amides is 2. The van der Waals surface area contributed by atoms with Gasteiger partial charge in [0.05, 0.1) is 119 Å².